The van der Waals surface area contributed by atoms with E-state index in [-0.39, 0.29) is 11.3 Å². The van der Waals surface area contributed by atoms with Gasteiger partial charge in [-0.1, -0.05) is 6.92 Å². The van der Waals surface area contributed by atoms with E-state index >= 15 is 0 Å². The minimum absolute atomic E-state index is 0.127. The van der Waals surface area contributed by atoms with Gasteiger partial charge in [0.1, 0.15) is 0 Å². The lowest BCUT2D eigenvalue weighted by Crippen LogP contribution is -2.46. The highest BCUT2D eigenvalue weighted by Gasteiger charge is 2.49. The molecule has 5 heteroatoms. The van der Waals surface area contributed by atoms with Crippen LogP contribution in [0.3, 0.4) is 0 Å². The Morgan fingerprint density at radius 3 is 2.95 bits per heavy atom. The lowest BCUT2D eigenvalue weighted by Gasteiger charge is -2.42. The Balaban J connectivity index is 1.78. The van der Waals surface area contributed by atoms with E-state index in [0.717, 1.165) is 32.2 Å². The summed E-state index contributed by atoms with van der Waals surface area (Å²) in [5.41, 5.74) is 0.905. The molecule has 1 saturated carbocycles. The first-order valence-electron chi connectivity index (χ1n) is 7.36. The monoisotopic (exact) mass is 277 g/mol. The molecule has 0 aromatic carbocycles. The van der Waals surface area contributed by atoms with E-state index in [1.165, 1.54) is 0 Å². The van der Waals surface area contributed by atoms with Gasteiger partial charge < -0.3 is 9.64 Å². The van der Waals surface area contributed by atoms with Gasteiger partial charge in [-0.3, -0.25) is 9.48 Å². The average molecular weight is 277 g/mol. The highest BCUT2D eigenvalue weighted by atomic mass is 16.5. The lowest BCUT2D eigenvalue weighted by atomic mass is 9.71. The van der Waals surface area contributed by atoms with Crippen molar-refractivity contribution in [2.45, 2.75) is 44.8 Å². The first-order chi connectivity index (χ1) is 9.53. The number of nitrogens with zero attached hydrogens (tertiary/aromatic N) is 3. The van der Waals surface area contributed by atoms with Crippen LogP contribution in [0.25, 0.3) is 0 Å². The Morgan fingerprint density at radius 2 is 2.30 bits per heavy atom. The number of hydrogen-bond acceptors (Lipinski definition) is 3. The molecule has 20 heavy (non-hydrogen) atoms. The van der Waals surface area contributed by atoms with Crippen molar-refractivity contribution >= 4 is 5.91 Å². The Kier molecular flexibility index (Phi) is 3.32. The number of likely N-dealkylation sites (tertiary alicyclic amines) is 1. The van der Waals surface area contributed by atoms with Gasteiger partial charge >= 0.3 is 0 Å². The van der Waals surface area contributed by atoms with Crippen molar-refractivity contribution in [3.05, 3.63) is 18.0 Å². The fraction of sp³-hybridized carbons (Fsp3) is 0.733. The van der Waals surface area contributed by atoms with Crippen molar-refractivity contribution < 1.29 is 9.53 Å². The van der Waals surface area contributed by atoms with E-state index in [1.807, 2.05) is 7.05 Å². The summed E-state index contributed by atoms with van der Waals surface area (Å²) in [5.74, 6) is 0.127. The van der Waals surface area contributed by atoms with Crippen LogP contribution in [0.5, 0.6) is 0 Å². The number of amides is 1. The number of ether oxygens (including phenoxy) is 1. The van der Waals surface area contributed by atoms with Crippen molar-refractivity contribution in [2.75, 3.05) is 13.7 Å². The van der Waals surface area contributed by atoms with Crippen molar-refractivity contribution in [3.63, 3.8) is 0 Å². The molecule has 2 fully saturated rings. The molecule has 2 heterocycles. The normalized spacial score (nSPS) is 33.2. The summed E-state index contributed by atoms with van der Waals surface area (Å²) in [6.45, 7) is 3.16. The number of aryl methyl sites for hydroxylation is 1. The largest absolute Gasteiger partial charge is 0.381 e. The molecule has 1 aromatic rings. The van der Waals surface area contributed by atoms with E-state index in [1.54, 1.807) is 24.2 Å². The standard InChI is InChI=1S/C15H23N3O2/c1-15-6-7-18(13(15)5-4-12(8-15)20-3)14(19)11-9-16-17(2)10-11/h9-10,12-13H,4-8H2,1-3H3/t12-,13-,15+/m1/s1. The topological polar surface area (TPSA) is 47.4 Å². The van der Waals surface area contributed by atoms with Crippen LogP contribution < -0.4 is 0 Å². The number of rotatable bonds is 2. The molecule has 3 rings (SSSR count). The van der Waals surface area contributed by atoms with Crippen LogP contribution in [0.4, 0.5) is 0 Å². The van der Waals surface area contributed by atoms with E-state index in [9.17, 15) is 4.79 Å². The lowest BCUT2D eigenvalue weighted by molar-refractivity contribution is -0.00277. The van der Waals surface area contributed by atoms with Gasteiger partial charge in [-0.25, -0.2) is 0 Å². The van der Waals surface area contributed by atoms with Gasteiger partial charge in [-0.05, 0) is 31.1 Å². The van der Waals surface area contributed by atoms with E-state index in [0.29, 0.717) is 17.7 Å². The number of aromatic nitrogens is 2. The van der Waals surface area contributed by atoms with Crippen LogP contribution in [0, 0.1) is 5.41 Å². The van der Waals surface area contributed by atoms with Gasteiger partial charge in [0.2, 0.25) is 0 Å². The summed E-state index contributed by atoms with van der Waals surface area (Å²) in [6, 6.07) is 0.349. The maximum absolute atomic E-state index is 12.6. The molecule has 0 unspecified atom stereocenters. The zero-order valence-electron chi connectivity index (χ0n) is 12.5. The number of hydrogen-bond donors (Lipinski definition) is 0. The molecule has 2 aliphatic rings. The molecule has 5 nitrogen and oxygen atoms in total. The van der Waals surface area contributed by atoms with E-state index < -0.39 is 0 Å². The first-order valence-corrected chi connectivity index (χ1v) is 7.36. The summed E-state index contributed by atoms with van der Waals surface area (Å²) in [4.78, 5) is 14.7. The van der Waals surface area contributed by atoms with E-state index in [2.05, 4.69) is 16.9 Å². The Labute approximate surface area is 119 Å². The predicted octanol–water partition coefficient (Wildman–Crippen LogP) is 1.84. The van der Waals surface area contributed by atoms with E-state index in [4.69, 9.17) is 4.74 Å². The third-order valence-corrected chi connectivity index (χ3v) is 5.11. The molecule has 0 N–H and O–H groups in total. The van der Waals surface area contributed by atoms with Gasteiger partial charge in [0.15, 0.2) is 0 Å². The Morgan fingerprint density at radius 1 is 1.50 bits per heavy atom. The number of methoxy groups -OCH3 is 1. The third-order valence-electron chi connectivity index (χ3n) is 5.11. The highest BCUT2D eigenvalue weighted by Crippen LogP contribution is 2.47. The average Bonchev–Trinajstić information content (AvgIpc) is 3.00. The third kappa shape index (κ3) is 2.14. The molecular formula is C15H23N3O2. The quantitative estimate of drug-likeness (QED) is 0.828. The molecule has 1 aromatic heterocycles. The second kappa shape index (κ2) is 4.88. The first kappa shape index (κ1) is 13.6. The van der Waals surface area contributed by atoms with Crippen LogP contribution in [-0.4, -0.2) is 46.4 Å². The minimum atomic E-state index is 0.127. The predicted molar refractivity (Wildman–Crippen MR) is 75.4 cm³/mol. The van der Waals surface area contributed by atoms with Crippen molar-refractivity contribution in [1.29, 1.82) is 0 Å². The van der Waals surface area contributed by atoms with Crippen LogP contribution in [0.15, 0.2) is 12.4 Å². The molecule has 1 saturated heterocycles. The van der Waals surface area contributed by atoms with Crippen LogP contribution >= 0.6 is 0 Å². The SMILES string of the molecule is CO[C@@H]1CC[C@H]2N(C(=O)c3cnn(C)c3)CC[C@@]2(C)C1. The fourth-order valence-electron chi connectivity index (χ4n) is 3.92. The summed E-state index contributed by atoms with van der Waals surface area (Å²) >= 11 is 0. The Hall–Kier alpha value is -1.36. The smallest absolute Gasteiger partial charge is 0.257 e. The molecule has 1 aliphatic heterocycles. The number of fused-ring (bicyclic) bond motifs is 1. The summed E-state index contributed by atoms with van der Waals surface area (Å²) in [6.07, 6.45) is 8.05. The van der Waals surface area contributed by atoms with Gasteiger partial charge in [-0.15, -0.1) is 0 Å². The molecular weight excluding hydrogens is 254 g/mol. The highest BCUT2D eigenvalue weighted by molar-refractivity contribution is 5.94. The van der Waals surface area contributed by atoms with Gasteiger partial charge in [-0.2, -0.15) is 5.10 Å². The van der Waals surface area contributed by atoms with Gasteiger partial charge in [0.05, 0.1) is 17.9 Å². The zero-order chi connectivity index (χ0) is 14.3. The molecule has 110 valence electrons. The van der Waals surface area contributed by atoms with Gasteiger partial charge in [0, 0.05) is 32.9 Å². The molecule has 0 bridgehead atoms. The van der Waals surface area contributed by atoms with Crippen molar-refractivity contribution in [3.8, 4) is 0 Å². The number of carbonyl (C=O) groups excluding carboxylic acids is 1. The van der Waals surface area contributed by atoms with Crippen LogP contribution in [0.1, 0.15) is 43.0 Å². The van der Waals surface area contributed by atoms with Crippen molar-refractivity contribution in [2.24, 2.45) is 12.5 Å². The zero-order valence-corrected chi connectivity index (χ0v) is 12.5. The van der Waals surface area contributed by atoms with Crippen LogP contribution in [-0.2, 0) is 11.8 Å². The molecule has 1 aliphatic carbocycles. The summed E-state index contributed by atoms with van der Waals surface area (Å²) < 4.78 is 7.22. The second-order valence-corrected chi connectivity index (χ2v) is 6.46. The molecule has 0 spiro atoms. The number of carbonyl (C=O) groups is 1. The summed E-state index contributed by atoms with van der Waals surface area (Å²) in [7, 11) is 3.64. The molecule has 1 amide bonds. The maximum atomic E-state index is 12.6. The molecule has 3 atom stereocenters. The fourth-order valence-corrected chi connectivity index (χ4v) is 3.92. The van der Waals surface area contributed by atoms with Crippen LogP contribution in [0.2, 0.25) is 0 Å². The van der Waals surface area contributed by atoms with Crippen molar-refractivity contribution in [1.82, 2.24) is 14.7 Å². The molecule has 0 radical (unpaired) electrons. The Bertz CT molecular complexity index is 513. The maximum Gasteiger partial charge on any atom is 0.257 e. The second-order valence-electron chi connectivity index (χ2n) is 6.46. The minimum Gasteiger partial charge on any atom is -0.381 e. The summed E-state index contributed by atoms with van der Waals surface area (Å²) in [5, 5.41) is 4.10. The van der Waals surface area contributed by atoms with Gasteiger partial charge in [0.25, 0.3) is 5.91 Å².